The molecule has 12 nitrogen and oxygen atoms in total. The van der Waals surface area contributed by atoms with Crippen molar-refractivity contribution < 1.29 is 9.53 Å². The molecule has 2 fully saturated rings. The predicted octanol–water partition coefficient (Wildman–Crippen LogP) is 6.03. The number of aryl methyl sites for hydroxylation is 1. The predicted molar refractivity (Wildman–Crippen MR) is 186 cm³/mol. The Kier molecular flexibility index (Phi) is 6.52. The van der Waals surface area contributed by atoms with Crippen molar-refractivity contribution in [3.63, 3.8) is 0 Å². The Bertz CT molecular complexity index is 2420. The van der Waals surface area contributed by atoms with E-state index in [1.165, 1.54) is 5.69 Å². The van der Waals surface area contributed by atoms with Crippen molar-refractivity contribution in [2.75, 3.05) is 21.2 Å². The van der Waals surface area contributed by atoms with Crippen molar-refractivity contribution in [3.05, 3.63) is 84.1 Å². The van der Waals surface area contributed by atoms with Crippen LogP contribution in [0.2, 0.25) is 0 Å². The SMILES string of the molecule is COc1nn(-c2ccc(C(=O)N(C)C)cc2)cc1-n1cc2c(-c3nc(-c4cc5cn(C)nc5nc4C4CC4)n(C)c3C3CC3)cccc2n1. The molecule has 0 bridgehead atoms. The van der Waals surface area contributed by atoms with Crippen LogP contribution in [-0.4, -0.2) is 75.9 Å². The van der Waals surface area contributed by atoms with Crippen LogP contribution in [0.4, 0.5) is 0 Å². The normalized spacial score (nSPS) is 14.6. The molecule has 0 saturated heterocycles. The highest BCUT2D eigenvalue weighted by atomic mass is 16.5. The van der Waals surface area contributed by atoms with E-state index in [1.807, 2.05) is 53.2 Å². The molecular formula is C37H36N10O2. The van der Waals surface area contributed by atoms with Gasteiger partial charge in [0.15, 0.2) is 5.65 Å². The standard InChI is InChI=1S/C37H36N10O2/c1-43(2)37(48)23-13-15-25(16-14-23)46-20-30(36(42-46)49-5)47-19-28-26(7-6-8-29(28)40-47)32-33(22-11-12-22)45(4)35(39-32)27-17-24-18-44(3)41-34(24)38-31(27)21-9-10-21/h6-8,13-22H,9-12H2,1-5H3. The van der Waals surface area contributed by atoms with E-state index in [2.05, 4.69) is 34.9 Å². The summed E-state index contributed by atoms with van der Waals surface area (Å²) in [5.74, 6) is 2.24. The van der Waals surface area contributed by atoms with Crippen LogP contribution in [0.5, 0.6) is 5.88 Å². The number of fused-ring (bicyclic) bond motifs is 2. The van der Waals surface area contributed by atoms with Crippen LogP contribution < -0.4 is 4.74 Å². The van der Waals surface area contributed by atoms with Gasteiger partial charge >= 0.3 is 0 Å². The van der Waals surface area contributed by atoms with E-state index in [0.29, 0.717) is 29.0 Å². The summed E-state index contributed by atoms with van der Waals surface area (Å²) < 4.78 is 13.4. The molecule has 2 aliphatic carbocycles. The molecule has 7 aromatic rings. The number of aromatic nitrogens is 9. The molecule has 12 heteroatoms. The molecule has 1 amide bonds. The fourth-order valence-electron chi connectivity index (χ4n) is 6.88. The number of benzene rings is 2. The Labute approximate surface area is 282 Å². The molecular weight excluding hydrogens is 616 g/mol. The molecule has 0 spiro atoms. The summed E-state index contributed by atoms with van der Waals surface area (Å²) in [5.41, 5.74) is 9.24. The van der Waals surface area contributed by atoms with Gasteiger partial charge in [0, 0.05) is 85.6 Å². The molecule has 2 aromatic carbocycles. The summed E-state index contributed by atoms with van der Waals surface area (Å²) in [6, 6.07) is 15.8. The second kappa shape index (κ2) is 10.9. The van der Waals surface area contributed by atoms with Crippen molar-refractivity contribution >= 4 is 27.8 Å². The summed E-state index contributed by atoms with van der Waals surface area (Å²) >= 11 is 0. The summed E-state index contributed by atoms with van der Waals surface area (Å²) in [6.07, 6.45) is 10.5. The third kappa shape index (κ3) is 4.89. The molecule has 5 heterocycles. The van der Waals surface area contributed by atoms with Crippen LogP contribution in [-0.2, 0) is 14.1 Å². The summed E-state index contributed by atoms with van der Waals surface area (Å²) in [5, 5.41) is 16.3. The van der Waals surface area contributed by atoms with Gasteiger partial charge in [0.05, 0.1) is 35.9 Å². The molecule has 0 N–H and O–H groups in total. The number of pyridine rings is 1. The van der Waals surface area contributed by atoms with Crippen LogP contribution in [0.15, 0.2) is 67.1 Å². The molecule has 0 unspecified atom stereocenters. The van der Waals surface area contributed by atoms with Crippen molar-refractivity contribution in [2.24, 2.45) is 14.1 Å². The van der Waals surface area contributed by atoms with Crippen molar-refractivity contribution in [2.45, 2.75) is 37.5 Å². The number of ether oxygens (including phenoxy) is 1. The number of imidazole rings is 1. The highest BCUT2D eigenvalue weighted by molar-refractivity contribution is 5.95. The third-order valence-corrected chi connectivity index (χ3v) is 9.64. The summed E-state index contributed by atoms with van der Waals surface area (Å²) in [6.45, 7) is 0. The molecule has 5 aromatic heterocycles. The zero-order valence-electron chi connectivity index (χ0n) is 28.1. The van der Waals surface area contributed by atoms with Crippen molar-refractivity contribution in [1.82, 2.24) is 48.8 Å². The minimum Gasteiger partial charge on any atom is -0.478 e. The van der Waals surface area contributed by atoms with Crippen LogP contribution in [0, 0.1) is 0 Å². The van der Waals surface area contributed by atoms with Crippen LogP contribution in [0.3, 0.4) is 0 Å². The zero-order chi connectivity index (χ0) is 33.6. The molecule has 2 aliphatic rings. The second-order valence-corrected chi connectivity index (χ2v) is 13.4. The van der Waals surface area contributed by atoms with Gasteiger partial charge in [-0.05, 0) is 62.1 Å². The van der Waals surface area contributed by atoms with Crippen molar-refractivity contribution in [1.29, 1.82) is 0 Å². The maximum absolute atomic E-state index is 12.4. The number of amides is 1. The first-order chi connectivity index (χ1) is 23.8. The smallest absolute Gasteiger partial charge is 0.259 e. The third-order valence-electron chi connectivity index (χ3n) is 9.64. The monoisotopic (exact) mass is 652 g/mol. The lowest BCUT2D eigenvalue weighted by Gasteiger charge is -2.10. The van der Waals surface area contributed by atoms with E-state index in [4.69, 9.17) is 24.9 Å². The van der Waals surface area contributed by atoms with E-state index in [9.17, 15) is 4.79 Å². The second-order valence-electron chi connectivity index (χ2n) is 13.4. The van der Waals surface area contributed by atoms with Gasteiger partial charge in [0.1, 0.15) is 11.5 Å². The molecule has 0 aliphatic heterocycles. The fourth-order valence-corrected chi connectivity index (χ4v) is 6.88. The Morgan fingerprint density at radius 2 is 1.63 bits per heavy atom. The number of rotatable bonds is 8. The molecule has 246 valence electrons. The molecule has 9 rings (SSSR count). The van der Waals surface area contributed by atoms with Gasteiger partial charge in [-0.3, -0.25) is 9.48 Å². The van der Waals surface area contributed by atoms with Gasteiger partial charge < -0.3 is 14.2 Å². The van der Waals surface area contributed by atoms with Gasteiger partial charge in [-0.1, -0.05) is 12.1 Å². The largest absolute Gasteiger partial charge is 0.478 e. The average Bonchev–Trinajstić information content (AvgIpc) is 3.96. The van der Waals surface area contributed by atoms with E-state index >= 15 is 0 Å². The maximum Gasteiger partial charge on any atom is 0.259 e. The van der Waals surface area contributed by atoms with Crippen LogP contribution >= 0.6 is 0 Å². The molecule has 0 atom stereocenters. The van der Waals surface area contributed by atoms with Gasteiger partial charge in [0.25, 0.3) is 11.8 Å². The number of nitrogens with zero attached hydrogens (tertiary/aromatic N) is 10. The minimum absolute atomic E-state index is 0.0521. The van der Waals surface area contributed by atoms with Crippen LogP contribution in [0.1, 0.15) is 59.3 Å². The van der Waals surface area contributed by atoms with Crippen molar-refractivity contribution in [3.8, 4) is 39.9 Å². The topological polar surface area (TPSA) is 114 Å². The van der Waals surface area contributed by atoms with Crippen LogP contribution in [0.25, 0.3) is 56.0 Å². The summed E-state index contributed by atoms with van der Waals surface area (Å²) in [4.78, 5) is 24.4. The Morgan fingerprint density at radius 1 is 0.857 bits per heavy atom. The van der Waals surface area contributed by atoms with Gasteiger partial charge in [-0.15, -0.1) is 5.10 Å². The first kappa shape index (κ1) is 29.4. The molecule has 49 heavy (non-hydrogen) atoms. The Balaban J connectivity index is 1.14. The summed E-state index contributed by atoms with van der Waals surface area (Å²) in [7, 11) is 9.18. The van der Waals surface area contributed by atoms with E-state index < -0.39 is 0 Å². The number of carbonyl (C=O) groups is 1. The highest BCUT2D eigenvalue weighted by Crippen LogP contribution is 2.49. The molecule has 2 saturated carbocycles. The lowest BCUT2D eigenvalue weighted by molar-refractivity contribution is 0.0827. The lowest BCUT2D eigenvalue weighted by atomic mass is 10.0. The molecule has 0 radical (unpaired) electrons. The number of hydrogen-bond acceptors (Lipinski definition) is 7. The maximum atomic E-state index is 12.4. The quantitative estimate of drug-likeness (QED) is 0.197. The average molecular weight is 653 g/mol. The highest BCUT2D eigenvalue weighted by Gasteiger charge is 2.35. The Hall–Kier alpha value is -5.78. The van der Waals surface area contributed by atoms with Gasteiger partial charge in [0.2, 0.25) is 0 Å². The first-order valence-corrected chi connectivity index (χ1v) is 16.6. The Morgan fingerprint density at radius 3 is 2.35 bits per heavy atom. The fraction of sp³-hybridized carbons (Fsp3) is 0.297. The number of hydrogen-bond donors (Lipinski definition) is 0. The number of carbonyl (C=O) groups excluding carboxylic acids is 1. The van der Waals surface area contributed by atoms with E-state index in [-0.39, 0.29) is 5.91 Å². The number of methoxy groups -OCH3 is 1. The van der Waals surface area contributed by atoms with E-state index in [0.717, 1.165) is 81.6 Å². The van der Waals surface area contributed by atoms with E-state index in [1.54, 1.807) is 42.9 Å². The van der Waals surface area contributed by atoms with Gasteiger partial charge in [-0.25, -0.2) is 19.3 Å². The first-order valence-electron chi connectivity index (χ1n) is 16.6. The zero-order valence-corrected chi connectivity index (χ0v) is 28.1. The minimum atomic E-state index is -0.0521. The van der Waals surface area contributed by atoms with Gasteiger partial charge in [-0.2, -0.15) is 10.2 Å². The lowest BCUT2D eigenvalue weighted by Crippen LogP contribution is -2.21.